The molecule has 4 nitrogen and oxygen atoms in total. The third-order valence-corrected chi connectivity index (χ3v) is 5.32. The van der Waals surface area contributed by atoms with Crippen LogP contribution in [0.25, 0.3) is 0 Å². The van der Waals surface area contributed by atoms with Crippen LogP contribution < -0.4 is 0 Å². The number of ketones is 2. The standard InChI is InChI=1S/C23H38O4/c1-2-3-4-5-6-7-8-9-10-11-12-13-14-15-16-17-19-18-20(24)22(26)23(27)21(19)25/h18,26-27H,2-17H2,1H3. The van der Waals surface area contributed by atoms with Crippen molar-refractivity contribution in [3.05, 3.63) is 23.2 Å². The lowest BCUT2D eigenvalue weighted by Gasteiger charge is -2.11. The van der Waals surface area contributed by atoms with E-state index in [1.807, 2.05) is 0 Å². The molecule has 154 valence electrons. The van der Waals surface area contributed by atoms with Gasteiger partial charge in [-0.25, -0.2) is 0 Å². The van der Waals surface area contributed by atoms with Crippen LogP contribution in [0, 0.1) is 0 Å². The molecular formula is C23H38O4. The molecule has 0 saturated carbocycles. The fourth-order valence-electron chi connectivity index (χ4n) is 3.54. The van der Waals surface area contributed by atoms with E-state index < -0.39 is 23.1 Å². The van der Waals surface area contributed by atoms with Crippen molar-refractivity contribution in [3.63, 3.8) is 0 Å². The van der Waals surface area contributed by atoms with Crippen molar-refractivity contribution in [2.24, 2.45) is 0 Å². The molecule has 0 unspecified atom stereocenters. The maximum absolute atomic E-state index is 11.8. The predicted octanol–water partition coefficient (Wildman–Crippen LogP) is 6.65. The highest BCUT2D eigenvalue weighted by atomic mass is 16.3. The molecule has 0 aromatic heterocycles. The third kappa shape index (κ3) is 9.78. The Morgan fingerprint density at radius 1 is 0.630 bits per heavy atom. The van der Waals surface area contributed by atoms with Gasteiger partial charge in [-0.3, -0.25) is 9.59 Å². The Kier molecular flexibility index (Phi) is 12.6. The molecule has 0 spiro atoms. The normalized spacial score (nSPS) is 14.8. The van der Waals surface area contributed by atoms with E-state index in [9.17, 15) is 19.8 Å². The van der Waals surface area contributed by atoms with E-state index in [0.717, 1.165) is 25.3 Å². The zero-order chi connectivity index (χ0) is 19.9. The largest absolute Gasteiger partial charge is 0.501 e. The molecule has 0 atom stereocenters. The predicted molar refractivity (Wildman–Crippen MR) is 110 cm³/mol. The second kappa shape index (κ2) is 14.5. The van der Waals surface area contributed by atoms with Crippen LogP contribution >= 0.6 is 0 Å². The van der Waals surface area contributed by atoms with Crippen molar-refractivity contribution >= 4 is 11.6 Å². The average Bonchev–Trinajstić information content (AvgIpc) is 2.67. The lowest BCUT2D eigenvalue weighted by Crippen LogP contribution is -2.19. The van der Waals surface area contributed by atoms with Gasteiger partial charge in [0.25, 0.3) is 0 Å². The van der Waals surface area contributed by atoms with Crippen LogP contribution in [0.3, 0.4) is 0 Å². The molecule has 0 heterocycles. The van der Waals surface area contributed by atoms with E-state index in [1.165, 1.54) is 77.0 Å². The van der Waals surface area contributed by atoms with Crippen LogP contribution in [0.4, 0.5) is 0 Å². The summed E-state index contributed by atoms with van der Waals surface area (Å²) in [6, 6.07) is 0. The first kappa shape index (κ1) is 23.5. The van der Waals surface area contributed by atoms with E-state index >= 15 is 0 Å². The van der Waals surface area contributed by atoms with Crippen LogP contribution in [0.5, 0.6) is 0 Å². The molecule has 1 aliphatic carbocycles. The van der Waals surface area contributed by atoms with Gasteiger partial charge in [0.2, 0.25) is 23.1 Å². The first-order valence-electron chi connectivity index (χ1n) is 11.0. The number of allylic oxidation sites excluding steroid dienone is 2. The van der Waals surface area contributed by atoms with E-state index in [-0.39, 0.29) is 0 Å². The quantitative estimate of drug-likeness (QED) is 0.233. The Balaban J connectivity index is 1.91. The second-order valence-corrected chi connectivity index (χ2v) is 7.76. The lowest BCUT2D eigenvalue weighted by molar-refractivity contribution is -0.119. The zero-order valence-electron chi connectivity index (χ0n) is 17.1. The molecule has 0 fully saturated rings. The first-order valence-corrected chi connectivity index (χ1v) is 11.0. The zero-order valence-corrected chi connectivity index (χ0v) is 17.1. The van der Waals surface area contributed by atoms with Crippen molar-refractivity contribution < 1.29 is 19.8 Å². The number of aliphatic hydroxyl groups excluding tert-OH is 2. The Morgan fingerprint density at radius 3 is 1.48 bits per heavy atom. The van der Waals surface area contributed by atoms with Crippen molar-refractivity contribution in [2.45, 2.75) is 110 Å². The van der Waals surface area contributed by atoms with Gasteiger partial charge in [0.15, 0.2) is 0 Å². The second-order valence-electron chi connectivity index (χ2n) is 7.76. The number of rotatable bonds is 16. The Labute approximate surface area is 164 Å². The number of hydrogen-bond acceptors (Lipinski definition) is 4. The minimum Gasteiger partial charge on any atom is -0.501 e. The van der Waals surface area contributed by atoms with Gasteiger partial charge in [-0.2, -0.15) is 0 Å². The SMILES string of the molecule is CCCCCCCCCCCCCCCCCC1=CC(=O)C(O)=C(O)C1=O. The Morgan fingerprint density at radius 2 is 1.04 bits per heavy atom. The summed E-state index contributed by atoms with van der Waals surface area (Å²) in [5.41, 5.74) is 0.310. The Bertz CT molecular complexity index is 516. The summed E-state index contributed by atoms with van der Waals surface area (Å²) < 4.78 is 0. The molecule has 0 aromatic rings. The van der Waals surface area contributed by atoms with Gasteiger partial charge in [0.1, 0.15) is 0 Å². The summed E-state index contributed by atoms with van der Waals surface area (Å²) in [6.45, 7) is 2.26. The molecule has 0 saturated heterocycles. The minimum atomic E-state index is -0.833. The minimum absolute atomic E-state index is 0.310. The summed E-state index contributed by atoms with van der Waals surface area (Å²) in [7, 11) is 0. The fourth-order valence-corrected chi connectivity index (χ4v) is 3.54. The smallest absolute Gasteiger partial charge is 0.227 e. The van der Waals surface area contributed by atoms with Gasteiger partial charge >= 0.3 is 0 Å². The maximum atomic E-state index is 11.8. The van der Waals surface area contributed by atoms with Gasteiger partial charge in [-0.15, -0.1) is 0 Å². The molecule has 1 aliphatic rings. The van der Waals surface area contributed by atoms with Crippen LogP contribution in [0.15, 0.2) is 23.2 Å². The number of Topliss-reactive ketones (excluding diaryl/α,β-unsaturated/α-hetero) is 1. The van der Waals surface area contributed by atoms with Crippen molar-refractivity contribution in [2.75, 3.05) is 0 Å². The summed E-state index contributed by atoms with van der Waals surface area (Å²) in [6.07, 6.45) is 20.8. The summed E-state index contributed by atoms with van der Waals surface area (Å²) >= 11 is 0. The van der Waals surface area contributed by atoms with Gasteiger partial charge in [-0.1, -0.05) is 96.8 Å². The number of aliphatic hydroxyl groups is 2. The lowest BCUT2D eigenvalue weighted by atomic mass is 9.95. The number of hydrogen-bond donors (Lipinski definition) is 2. The number of unbranched alkanes of at least 4 members (excludes halogenated alkanes) is 14. The first-order chi connectivity index (χ1) is 13.1. The highest BCUT2D eigenvalue weighted by Gasteiger charge is 2.27. The highest BCUT2D eigenvalue weighted by molar-refractivity contribution is 6.20. The highest BCUT2D eigenvalue weighted by Crippen LogP contribution is 2.21. The van der Waals surface area contributed by atoms with Gasteiger partial charge in [0.05, 0.1) is 0 Å². The molecule has 27 heavy (non-hydrogen) atoms. The maximum Gasteiger partial charge on any atom is 0.227 e. The molecule has 0 aliphatic heterocycles. The van der Waals surface area contributed by atoms with Crippen molar-refractivity contribution in [1.82, 2.24) is 0 Å². The third-order valence-electron chi connectivity index (χ3n) is 5.32. The molecule has 4 heteroatoms. The number of carbonyl (C=O) groups is 2. The van der Waals surface area contributed by atoms with Gasteiger partial charge in [0, 0.05) is 5.57 Å². The molecular weight excluding hydrogens is 340 g/mol. The van der Waals surface area contributed by atoms with Crippen LogP contribution in [0.2, 0.25) is 0 Å². The molecule has 0 radical (unpaired) electrons. The molecule has 0 bridgehead atoms. The molecule has 2 N–H and O–H groups in total. The van der Waals surface area contributed by atoms with Crippen LogP contribution in [-0.4, -0.2) is 21.8 Å². The van der Waals surface area contributed by atoms with Crippen LogP contribution in [-0.2, 0) is 9.59 Å². The monoisotopic (exact) mass is 378 g/mol. The van der Waals surface area contributed by atoms with E-state index in [1.54, 1.807) is 0 Å². The molecule has 0 amide bonds. The summed E-state index contributed by atoms with van der Waals surface area (Å²) in [4.78, 5) is 23.2. The van der Waals surface area contributed by atoms with E-state index in [4.69, 9.17) is 0 Å². The summed E-state index contributed by atoms with van der Waals surface area (Å²) in [5, 5.41) is 18.7. The van der Waals surface area contributed by atoms with Crippen LogP contribution in [0.1, 0.15) is 110 Å². The Hall–Kier alpha value is -1.58. The molecule has 1 rings (SSSR count). The van der Waals surface area contributed by atoms with E-state index in [2.05, 4.69) is 6.92 Å². The fraction of sp³-hybridized carbons (Fsp3) is 0.739. The summed E-state index contributed by atoms with van der Waals surface area (Å²) in [5.74, 6) is -2.93. The van der Waals surface area contributed by atoms with Crippen molar-refractivity contribution in [1.29, 1.82) is 0 Å². The van der Waals surface area contributed by atoms with E-state index in [0.29, 0.717) is 12.0 Å². The molecule has 0 aromatic carbocycles. The topological polar surface area (TPSA) is 74.6 Å². The number of carbonyl (C=O) groups excluding carboxylic acids is 2. The van der Waals surface area contributed by atoms with Crippen molar-refractivity contribution in [3.8, 4) is 0 Å². The van der Waals surface area contributed by atoms with Gasteiger partial charge in [-0.05, 0) is 18.9 Å². The average molecular weight is 379 g/mol. The van der Waals surface area contributed by atoms with Gasteiger partial charge < -0.3 is 10.2 Å².